The molecule has 17 heavy (non-hydrogen) atoms. The largest absolute Gasteiger partial charge is 0.378 e. The number of hydrogen-bond acceptors (Lipinski definition) is 4. The molecule has 1 aromatic heterocycles. The lowest BCUT2D eigenvalue weighted by atomic mass is 9.95. The molecule has 2 atom stereocenters. The zero-order valence-electron chi connectivity index (χ0n) is 10.7. The zero-order chi connectivity index (χ0) is 12.1. The van der Waals surface area contributed by atoms with Crippen LogP contribution in [0.4, 0.5) is 0 Å². The lowest BCUT2D eigenvalue weighted by Gasteiger charge is -2.32. The van der Waals surface area contributed by atoms with Crippen LogP contribution in [-0.2, 0) is 11.2 Å². The lowest BCUT2D eigenvalue weighted by Crippen LogP contribution is -2.41. The Hall–Kier alpha value is -0.450. The summed E-state index contributed by atoms with van der Waals surface area (Å²) in [5, 5.41) is 5.76. The van der Waals surface area contributed by atoms with Crippen LogP contribution < -0.4 is 5.32 Å². The summed E-state index contributed by atoms with van der Waals surface area (Å²) in [7, 11) is 0. The molecule has 0 radical (unpaired) electrons. The summed E-state index contributed by atoms with van der Waals surface area (Å²) in [6.45, 7) is 6.40. The van der Waals surface area contributed by atoms with Gasteiger partial charge >= 0.3 is 0 Å². The molecule has 2 unspecified atom stereocenters. The van der Waals surface area contributed by atoms with E-state index in [1.807, 2.05) is 5.51 Å². The third-order valence-corrected chi connectivity index (χ3v) is 3.99. The molecule has 3 nitrogen and oxygen atoms in total. The Bertz CT molecular complexity index is 313. The van der Waals surface area contributed by atoms with Crippen molar-refractivity contribution < 1.29 is 4.74 Å². The quantitative estimate of drug-likeness (QED) is 0.876. The number of aromatic nitrogens is 1. The van der Waals surface area contributed by atoms with Gasteiger partial charge in [0.2, 0.25) is 0 Å². The van der Waals surface area contributed by atoms with Crippen LogP contribution in [0.2, 0.25) is 0 Å². The maximum absolute atomic E-state index is 5.77. The molecule has 0 aliphatic carbocycles. The molecule has 2 heterocycles. The Morgan fingerprint density at radius 1 is 1.59 bits per heavy atom. The monoisotopic (exact) mass is 254 g/mol. The predicted octanol–water partition coefficient (Wildman–Crippen LogP) is 2.48. The molecule has 0 bridgehead atoms. The molecule has 1 N–H and O–H groups in total. The van der Waals surface area contributed by atoms with Crippen molar-refractivity contribution >= 4 is 11.3 Å². The highest BCUT2D eigenvalue weighted by atomic mass is 32.1. The van der Waals surface area contributed by atoms with E-state index in [1.54, 1.807) is 11.3 Å². The number of thiazole rings is 1. The number of nitrogens with one attached hydrogen (secondary N) is 1. The van der Waals surface area contributed by atoms with E-state index in [1.165, 1.54) is 5.69 Å². The Morgan fingerprint density at radius 2 is 2.47 bits per heavy atom. The number of hydrogen-bond donors (Lipinski definition) is 1. The fourth-order valence-corrected chi connectivity index (χ4v) is 2.84. The first-order chi connectivity index (χ1) is 8.25. The van der Waals surface area contributed by atoms with E-state index in [-0.39, 0.29) is 0 Å². The van der Waals surface area contributed by atoms with Gasteiger partial charge in [0.1, 0.15) is 0 Å². The predicted molar refractivity (Wildman–Crippen MR) is 71.4 cm³/mol. The van der Waals surface area contributed by atoms with Gasteiger partial charge in [0.05, 0.1) is 17.3 Å². The molecule has 0 amide bonds. The van der Waals surface area contributed by atoms with Crippen LogP contribution in [0.25, 0.3) is 0 Å². The van der Waals surface area contributed by atoms with E-state index in [0.29, 0.717) is 18.1 Å². The molecule has 1 aliphatic heterocycles. The van der Waals surface area contributed by atoms with Crippen molar-refractivity contribution in [3.63, 3.8) is 0 Å². The fourth-order valence-electron chi connectivity index (χ4n) is 2.24. The molecular weight excluding hydrogens is 232 g/mol. The van der Waals surface area contributed by atoms with E-state index in [4.69, 9.17) is 4.74 Å². The maximum Gasteiger partial charge on any atom is 0.0794 e. The van der Waals surface area contributed by atoms with Crippen molar-refractivity contribution in [3.05, 3.63) is 16.6 Å². The highest BCUT2D eigenvalue weighted by molar-refractivity contribution is 7.07. The van der Waals surface area contributed by atoms with Crippen LogP contribution in [0.5, 0.6) is 0 Å². The summed E-state index contributed by atoms with van der Waals surface area (Å²) in [4.78, 5) is 4.30. The molecule has 0 saturated carbocycles. The third kappa shape index (κ3) is 4.05. The molecule has 1 saturated heterocycles. The van der Waals surface area contributed by atoms with Crippen LogP contribution in [0.1, 0.15) is 32.4 Å². The van der Waals surface area contributed by atoms with Gasteiger partial charge in [-0.05, 0) is 18.8 Å². The third-order valence-electron chi connectivity index (χ3n) is 3.36. The molecule has 0 aromatic carbocycles. The van der Waals surface area contributed by atoms with Crippen molar-refractivity contribution in [1.82, 2.24) is 10.3 Å². The fraction of sp³-hybridized carbons (Fsp3) is 0.769. The van der Waals surface area contributed by atoms with Gasteiger partial charge in [-0.15, -0.1) is 11.3 Å². The minimum Gasteiger partial charge on any atom is -0.378 e. The topological polar surface area (TPSA) is 34.2 Å². The second kappa shape index (κ2) is 6.47. The normalized spacial score (nSPS) is 25.4. The second-order valence-corrected chi connectivity index (χ2v) is 5.78. The van der Waals surface area contributed by atoms with Crippen molar-refractivity contribution in [2.24, 2.45) is 5.92 Å². The highest BCUT2D eigenvalue weighted by Gasteiger charge is 2.24. The Balaban J connectivity index is 1.68. The maximum atomic E-state index is 5.77. The molecular formula is C13H22N2OS. The van der Waals surface area contributed by atoms with Crippen LogP contribution in [0.15, 0.2) is 10.9 Å². The first-order valence-electron chi connectivity index (χ1n) is 6.47. The molecule has 1 aromatic rings. The second-order valence-electron chi connectivity index (χ2n) is 5.06. The lowest BCUT2D eigenvalue weighted by molar-refractivity contribution is -0.0242. The smallest absolute Gasteiger partial charge is 0.0794 e. The minimum atomic E-state index is 0.431. The summed E-state index contributed by atoms with van der Waals surface area (Å²) < 4.78 is 5.77. The Kier molecular flexibility index (Phi) is 4.95. The average Bonchev–Trinajstić information content (AvgIpc) is 2.82. The van der Waals surface area contributed by atoms with Gasteiger partial charge in [-0.2, -0.15) is 0 Å². The van der Waals surface area contributed by atoms with Gasteiger partial charge < -0.3 is 10.1 Å². The van der Waals surface area contributed by atoms with Gasteiger partial charge in [-0.3, -0.25) is 0 Å². The van der Waals surface area contributed by atoms with Crippen molar-refractivity contribution in [2.75, 3.05) is 13.2 Å². The zero-order valence-corrected chi connectivity index (χ0v) is 11.5. The number of rotatable bonds is 5. The SMILES string of the molecule is CC(C)C1CC(NCCc2cscn2)CCO1. The molecule has 96 valence electrons. The van der Waals surface area contributed by atoms with Crippen LogP contribution >= 0.6 is 11.3 Å². The first kappa shape index (κ1) is 13.0. The van der Waals surface area contributed by atoms with Crippen LogP contribution in [0.3, 0.4) is 0 Å². The molecule has 4 heteroatoms. The van der Waals surface area contributed by atoms with Crippen molar-refractivity contribution in [1.29, 1.82) is 0 Å². The Labute approximate surface area is 108 Å². The Morgan fingerprint density at radius 3 is 3.18 bits per heavy atom. The van der Waals surface area contributed by atoms with E-state index in [2.05, 4.69) is 29.5 Å². The summed E-state index contributed by atoms with van der Waals surface area (Å²) in [5.74, 6) is 0.623. The van der Waals surface area contributed by atoms with E-state index < -0.39 is 0 Å². The standard InChI is InChI=1S/C13H22N2OS/c1-10(2)13-7-11(4-6-16-13)14-5-3-12-8-17-9-15-12/h8-11,13-14H,3-7H2,1-2H3. The number of ether oxygens (including phenoxy) is 1. The van der Waals surface area contributed by atoms with Crippen molar-refractivity contribution in [3.8, 4) is 0 Å². The average molecular weight is 254 g/mol. The van der Waals surface area contributed by atoms with Gasteiger partial charge in [0.25, 0.3) is 0 Å². The summed E-state index contributed by atoms with van der Waals surface area (Å²) in [5.41, 5.74) is 3.11. The van der Waals surface area contributed by atoms with Crippen LogP contribution in [-0.4, -0.2) is 30.3 Å². The number of nitrogens with zero attached hydrogens (tertiary/aromatic N) is 1. The van der Waals surface area contributed by atoms with E-state index >= 15 is 0 Å². The van der Waals surface area contributed by atoms with Gasteiger partial charge in [0, 0.05) is 31.0 Å². The van der Waals surface area contributed by atoms with Gasteiger partial charge in [0.15, 0.2) is 0 Å². The molecule has 2 rings (SSSR count). The first-order valence-corrected chi connectivity index (χ1v) is 7.42. The molecule has 1 aliphatic rings. The summed E-state index contributed by atoms with van der Waals surface area (Å²) in [6, 6.07) is 0.620. The van der Waals surface area contributed by atoms with Gasteiger partial charge in [-0.25, -0.2) is 4.98 Å². The summed E-state index contributed by atoms with van der Waals surface area (Å²) >= 11 is 1.67. The van der Waals surface area contributed by atoms with Crippen LogP contribution in [0, 0.1) is 5.92 Å². The van der Waals surface area contributed by atoms with Gasteiger partial charge in [-0.1, -0.05) is 13.8 Å². The van der Waals surface area contributed by atoms with Crippen molar-refractivity contribution in [2.45, 2.75) is 45.3 Å². The van der Waals surface area contributed by atoms with E-state index in [9.17, 15) is 0 Å². The van der Waals surface area contributed by atoms with E-state index in [0.717, 1.165) is 32.4 Å². The molecule has 0 spiro atoms. The highest BCUT2D eigenvalue weighted by Crippen LogP contribution is 2.20. The summed E-state index contributed by atoms with van der Waals surface area (Å²) in [6.07, 6.45) is 3.75. The minimum absolute atomic E-state index is 0.431. The molecule has 1 fully saturated rings.